The van der Waals surface area contributed by atoms with Gasteiger partial charge in [0.05, 0.1) is 7.11 Å². The van der Waals surface area contributed by atoms with Crippen LogP contribution in [0.5, 0.6) is 5.75 Å². The summed E-state index contributed by atoms with van der Waals surface area (Å²) < 4.78 is 5.15. The highest BCUT2D eigenvalue weighted by Crippen LogP contribution is 2.31. The minimum atomic E-state index is 0.195. The van der Waals surface area contributed by atoms with Crippen molar-refractivity contribution in [3.05, 3.63) is 60.2 Å². The van der Waals surface area contributed by atoms with Crippen molar-refractivity contribution >= 4 is 11.6 Å². The molecular formula is C18H19NO2. The summed E-state index contributed by atoms with van der Waals surface area (Å²) in [6.07, 6.45) is 1.58. The van der Waals surface area contributed by atoms with Gasteiger partial charge in [-0.15, -0.1) is 0 Å². The number of anilines is 1. The Hall–Kier alpha value is -2.29. The summed E-state index contributed by atoms with van der Waals surface area (Å²) in [5.41, 5.74) is 2.22. The van der Waals surface area contributed by atoms with Gasteiger partial charge in [0.15, 0.2) is 0 Å². The number of carbonyl (C=O) groups excluding carboxylic acids is 1. The molecule has 1 fully saturated rings. The van der Waals surface area contributed by atoms with Gasteiger partial charge < -0.3 is 9.64 Å². The van der Waals surface area contributed by atoms with Crippen LogP contribution in [0.25, 0.3) is 0 Å². The van der Waals surface area contributed by atoms with Crippen LogP contribution in [0.15, 0.2) is 54.6 Å². The van der Waals surface area contributed by atoms with Gasteiger partial charge in [0, 0.05) is 18.7 Å². The van der Waals surface area contributed by atoms with E-state index in [9.17, 15) is 4.79 Å². The van der Waals surface area contributed by atoms with E-state index in [1.807, 2.05) is 47.4 Å². The summed E-state index contributed by atoms with van der Waals surface area (Å²) >= 11 is 0. The van der Waals surface area contributed by atoms with Crippen LogP contribution in [0.3, 0.4) is 0 Å². The smallest absolute Gasteiger partial charge is 0.227 e. The van der Waals surface area contributed by atoms with Crippen LogP contribution in [0.4, 0.5) is 5.69 Å². The molecule has 0 aliphatic carbocycles. The Balaban J connectivity index is 1.72. The van der Waals surface area contributed by atoms with Crippen molar-refractivity contribution in [3.63, 3.8) is 0 Å². The molecule has 0 spiro atoms. The van der Waals surface area contributed by atoms with Crippen LogP contribution in [-0.4, -0.2) is 19.6 Å². The standard InChI is InChI=1S/C18H19NO2/c1-21-17-9-7-16(8-10-17)19-12-11-15(13-18(19)20)14-5-3-2-4-6-14/h2-10,15H,11-13H2,1H3/t15-/m1/s1. The molecule has 0 unspecified atom stereocenters. The summed E-state index contributed by atoms with van der Waals surface area (Å²) in [7, 11) is 1.64. The number of rotatable bonds is 3. The Kier molecular flexibility index (Phi) is 3.91. The van der Waals surface area contributed by atoms with Crippen molar-refractivity contribution in [2.24, 2.45) is 0 Å². The van der Waals surface area contributed by atoms with Crippen LogP contribution in [0.1, 0.15) is 24.3 Å². The molecule has 3 rings (SSSR count). The third-order valence-electron chi connectivity index (χ3n) is 4.08. The highest BCUT2D eigenvalue weighted by atomic mass is 16.5. The van der Waals surface area contributed by atoms with Gasteiger partial charge in [0.2, 0.25) is 5.91 Å². The normalized spacial score (nSPS) is 18.6. The van der Waals surface area contributed by atoms with Crippen molar-refractivity contribution in [3.8, 4) is 5.75 Å². The average Bonchev–Trinajstić information content (AvgIpc) is 2.56. The van der Waals surface area contributed by atoms with Gasteiger partial charge in [0.1, 0.15) is 5.75 Å². The zero-order valence-electron chi connectivity index (χ0n) is 12.2. The minimum absolute atomic E-state index is 0.195. The lowest BCUT2D eigenvalue weighted by Gasteiger charge is -2.32. The molecule has 0 bridgehead atoms. The second-order valence-corrected chi connectivity index (χ2v) is 5.34. The third-order valence-corrected chi connectivity index (χ3v) is 4.08. The molecule has 1 aliphatic rings. The van der Waals surface area contributed by atoms with Crippen LogP contribution < -0.4 is 9.64 Å². The zero-order valence-corrected chi connectivity index (χ0v) is 12.2. The summed E-state index contributed by atoms with van der Waals surface area (Å²) in [6, 6.07) is 18.0. The first-order chi connectivity index (χ1) is 10.3. The van der Waals surface area contributed by atoms with Gasteiger partial charge in [-0.3, -0.25) is 4.79 Å². The number of hydrogen-bond donors (Lipinski definition) is 0. The first-order valence-corrected chi connectivity index (χ1v) is 7.27. The molecule has 3 heteroatoms. The fourth-order valence-electron chi connectivity index (χ4n) is 2.88. The number of nitrogens with zero attached hydrogens (tertiary/aromatic N) is 1. The molecule has 0 aromatic heterocycles. The molecular weight excluding hydrogens is 262 g/mol. The average molecular weight is 281 g/mol. The van der Waals surface area contributed by atoms with E-state index in [1.54, 1.807) is 7.11 Å². The number of piperidine rings is 1. The topological polar surface area (TPSA) is 29.5 Å². The predicted octanol–water partition coefficient (Wildman–Crippen LogP) is 3.61. The van der Waals surface area contributed by atoms with Crippen molar-refractivity contribution in [1.29, 1.82) is 0 Å². The summed E-state index contributed by atoms with van der Waals surface area (Å²) in [6.45, 7) is 0.769. The number of amides is 1. The Morgan fingerprint density at radius 3 is 2.38 bits per heavy atom. The SMILES string of the molecule is COc1ccc(N2CC[C@@H](c3ccccc3)CC2=O)cc1. The molecule has 1 heterocycles. The summed E-state index contributed by atoms with van der Waals surface area (Å²) in [5, 5.41) is 0. The van der Waals surface area contributed by atoms with E-state index < -0.39 is 0 Å². The van der Waals surface area contributed by atoms with Crippen molar-refractivity contribution in [2.45, 2.75) is 18.8 Å². The number of benzene rings is 2. The first-order valence-electron chi connectivity index (χ1n) is 7.27. The molecule has 0 radical (unpaired) electrons. The van der Waals surface area contributed by atoms with Crippen LogP contribution >= 0.6 is 0 Å². The van der Waals surface area contributed by atoms with Gasteiger partial charge in [0.25, 0.3) is 0 Å². The van der Waals surface area contributed by atoms with E-state index in [2.05, 4.69) is 12.1 Å². The van der Waals surface area contributed by atoms with E-state index in [1.165, 1.54) is 5.56 Å². The van der Waals surface area contributed by atoms with Gasteiger partial charge in [-0.1, -0.05) is 30.3 Å². The third kappa shape index (κ3) is 2.92. The fourth-order valence-corrected chi connectivity index (χ4v) is 2.88. The van der Waals surface area contributed by atoms with E-state index in [4.69, 9.17) is 4.74 Å². The summed E-state index contributed by atoms with van der Waals surface area (Å²) in [4.78, 5) is 14.3. The van der Waals surface area contributed by atoms with Gasteiger partial charge in [-0.05, 0) is 42.2 Å². The van der Waals surface area contributed by atoms with Crippen LogP contribution in [0.2, 0.25) is 0 Å². The molecule has 3 nitrogen and oxygen atoms in total. The number of methoxy groups -OCH3 is 1. The quantitative estimate of drug-likeness (QED) is 0.860. The second kappa shape index (κ2) is 6.00. The minimum Gasteiger partial charge on any atom is -0.497 e. The van der Waals surface area contributed by atoms with E-state index in [0.29, 0.717) is 12.3 Å². The zero-order chi connectivity index (χ0) is 14.7. The molecule has 21 heavy (non-hydrogen) atoms. The monoisotopic (exact) mass is 281 g/mol. The van der Waals surface area contributed by atoms with E-state index in [0.717, 1.165) is 24.4 Å². The molecule has 1 atom stereocenters. The highest BCUT2D eigenvalue weighted by Gasteiger charge is 2.27. The Morgan fingerprint density at radius 2 is 1.76 bits per heavy atom. The lowest BCUT2D eigenvalue weighted by Crippen LogP contribution is -2.38. The van der Waals surface area contributed by atoms with Gasteiger partial charge in [-0.2, -0.15) is 0 Å². The molecule has 1 saturated heterocycles. The maximum Gasteiger partial charge on any atom is 0.227 e. The number of ether oxygens (including phenoxy) is 1. The molecule has 0 N–H and O–H groups in total. The van der Waals surface area contributed by atoms with Crippen LogP contribution in [0, 0.1) is 0 Å². The van der Waals surface area contributed by atoms with E-state index in [-0.39, 0.29) is 5.91 Å². The number of hydrogen-bond acceptors (Lipinski definition) is 2. The summed E-state index contributed by atoms with van der Waals surface area (Å²) in [5.74, 6) is 1.35. The second-order valence-electron chi connectivity index (χ2n) is 5.34. The lowest BCUT2D eigenvalue weighted by molar-refractivity contribution is -0.119. The van der Waals surface area contributed by atoms with Crippen LogP contribution in [-0.2, 0) is 4.79 Å². The molecule has 2 aromatic rings. The Morgan fingerprint density at radius 1 is 1.05 bits per heavy atom. The van der Waals surface area contributed by atoms with Gasteiger partial charge >= 0.3 is 0 Å². The van der Waals surface area contributed by atoms with E-state index >= 15 is 0 Å². The van der Waals surface area contributed by atoms with Gasteiger partial charge in [-0.25, -0.2) is 0 Å². The maximum absolute atomic E-state index is 12.4. The number of carbonyl (C=O) groups is 1. The molecule has 2 aromatic carbocycles. The molecule has 1 amide bonds. The van der Waals surface area contributed by atoms with Crippen molar-refractivity contribution < 1.29 is 9.53 Å². The predicted molar refractivity (Wildman–Crippen MR) is 83.8 cm³/mol. The fraction of sp³-hybridized carbons (Fsp3) is 0.278. The highest BCUT2D eigenvalue weighted by molar-refractivity contribution is 5.94. The molecule has 108 valence electrons. The Labute approximate surface area is 125 Å². The lowest BCUT2D eigenvalue weighted by atomic mass is 9.89. The largest absolute Gasteiger partial charge is 0.497 e. The first kappa shape index (κ1) is 13.7. The van der Waals surface area contributed by atoms with Crippen molar-refractivity contribution in [1.82, 2.24) is 0 Å². The van der Waals surface area contributed by atoms with Crippen molar-refractivity contribution in [2.75, 3.05) is 18.6 Å². The molecule has 1 aliphatic heterocycles. The molecule has 0 saturated carbocycles. The Bertz CT molecular complexity index is 607. The maximum atomic E-state index is 12.4.